The fourth-order valence-corrected chi connectivity index (χ4v) is 2.77. The predicted molar refractivity (Wildman–Crippen MR) is 108 cm³/mol. The van der Waals surface area contributed by atoms with Gasteiger partial charge in [-0.05, 0) is 53.6 Å². The van der Waals surface area contributed by atoms with Crippen LogP contribution in [0.2, 0.25) is 0 Å². The Bertz CT molecular complexity index is 1010. The van der Waals surface area contributed by atoms with Gasteiger partial charge in [-0.1, -0.05) is 24.3 Å². The summed E-state index contributed by atoms with van der Waals surface area (Å²) in [7, 11) is 3.49. The van der Waals surface area contributed by atoms with Gasteiger partial charge in [0.2, 0.25) is 0 Å². The Morgan fingerprint density at radius 1 is 0.857 bits per heavy atom. The third-order valence-electron chi connectivity index (χ3n) is 4.30. The van der Waals surface area contributed by atoms with Crippen molar-refractivity contribution in [2.45, 2.75) is 0 Å². The van der Waals surface area contributed by atoms with Crippen LogP contribution in [0.1, 0.15) is 20.7 Å². The summed E-state index contributed by atoms with van der Waals surface area (Å²) >= 11 is 0. The fraction of sp³-hybridized carbons (Fsp3) is 0.0909. The SMILES string of the molecule is CN(C)c1ccc(NC(=O)c2ccc(-c3ccc(C(=O)O)cc3)cc2)cc1F. The second kappa shape index (κ2) is 7.92. The Morgan fingerprint density at radius 2 is 1.39 bits per heavy atom. The molecule has 0 radical (unpaired) electrons. The molecule has 0 aliphatic carbocycles. The fourth-order valence-electron chi connectivity index (χ4n) is 2.77. The van der Waals surface area contributed by atoms with Crippen LogP contribution in [0.15, 0.2) is 66.7 Å². The monoisotopic (exact) mass is 378 g/mol. The van der Waals surface area contributed by atoms with Gasteiger partial charge in [-0.3, -0.25) is 4.79 Å². The number of carbonyl (C=O) groups is 2. The van der Waals surface area contributed by atoms with Crippen LogP contribution in [0, 0.1) is 5.82 Å². The molecule has 0 aliphatic rings. The van der Waals surface area contributed by atoms with E-state index in [2.05, 4.69) is 5.32 Å². The van der Waals surface area contributed by atoms with E-state index in [0.29, 0.717) is 16.9 Å². The summed E-state index contributed by atoms with van der Waals surface area (Å²) in [6.45, 7) is 0. The maximum atomic E-state index is 14.0. The highest BCUT2D eigenvalue weighted by Gasteiger charge is 2.10. The van der Waals surface area contributed by atoms with Crippen LogP contribution >= 0.6 is 0 Å². The maximum absolute atomic E-state index is 14.0. The molecule has 0 fully saturated rings. The van der Waals surface area contributed by atoms with Gasteiger partial charge in [-0.15, -0.1) is 0 Å². The highest BCUT2D eigenvalue weighted by atomic mass is 19.1. The summed E-state index contributed by atoms with van der Waals surface area (Å²) in [5.74, 6) is -1.73. The standard InChI is InChI=1S/C22H19FN2O3/c1-25(2)20-12-11-18(13-19(20)23)24-21(26)16-7-3-14(4-8-16)15-5-9-17(10-6-15)22(27)28/h3-13H,1-2H3,(H,24,26)(H,27,28). The maximum Gasteiger partial charge on any atom is 0.335 e. The number of carboxylic acid groups (broad SMARTS) is 1. The first kappa shape index (κ1) is 19.1. The number of carboxylic acids is 1. The number of anilines is 2. The highest BCUT2D eigenvalue weighted by molar-refractivity contribution is 6.04. The Morgan fingerprint density at radius 3 is 1.86 bits per heavy atom. The van der Waals surface area contributed by atoms with Gasteiger partial charge < -0.3 is 15.3 Å². The number of amides is 1. The predicted octanol–water partition coefficient (Wildman–Crippen LogP) is 4.51. The van der Waals surface area contributed by atoms with Crippen LogP contribution in [0.3, 0.4) is 0 Å². The average Bonchev–Trinajstić information content (AvgIpc) is 2.68. The van der Waals surface area contributed by atoms with Crippen molar-refractivity contribution < 1.29 is 19.1 Å². The van der Waals surface area contributed by atoms with Gasteiger partial charge in [-0.2, -0.15) is 0 Å². The molecule has 0 bridgehead atoms. The molecule has 142 valence electrons. The van der Waals surface area contributed by atoms with Crippen molar-refractivity contribution in [1.82, 2.24) is 0 Å². The van der Waals surface area contributed by atoms with E-state index in [1.807, 2.05) is 0 Å². The number of halogens is 1. The molecule has 3 aromatic carbocycles. The van der Waals surface area contributed by atoms with Gasteiger partial charge in [0.15, 0.2) is 0 Å². The van der Waals surface area contributed by atoms with Crippen LogP contribution < -0.4 is 10.2 Å². The van der Waals surface area contributed by atoms with Crippen LogP contribution in [-0.2, 0) is 0 Å². The third kappa shape index (κ3) is 4.17. The van der Waals surface area contributed by atoms with Crippen LogP contribution in [0.25, 0.3) is 11.1 Å². The van der Waals surface area contributed by atoms with Crippen LogP contribution in [-0.4, -0.2) is 31.1 Å². The van der Waals surface area contributed by atoms with Crippen molar-refractivity contribution in [2.75, 3.05) is 24.3 Å². The molecule has 0 heterocycles. The lowest BCUT2D eigenvalue weighted by Gasteiger charge is -2.14. The van der Waals surface area contributed by atoms with Crippen molar-refractivity contribution in [3.63, 3.8) is 0 Å². The van der Waals surface area contributed by atoms with Gasteiger partial charge in [-0.25, -0.2) is 9.18 Å². The molecule has 6 heteroatoms. The minimum Gasteiger partial charge on any atom is -0.478 e. The molecule has 1 amide bonds. The zero-order valence-electron chi connectivity index (χ0n) is 15.4. The first-order chi connectivity index (χ1) is 13.3. The number of hydrogen-bond donors (Lipinski definition) is 2. The Hall–Kier alpha value is -3.67. The van der Waals surface area contributed by atoms with E-state index in [4.69, 9.17) is 5.11 Å². The van der Waals surface area contributed by atoms with Gasteiger partial charge in [0, 0.05) is 25.3 Å². The van der Waals surface area contributed by atoms with E-state index in [-0.39, 0.29) is 11.5 Å². The van der Waals surface area contributed by atoms with E-state index in [1.54, 1.807) is 67.5 Å². The minimum absolute atomic E-state index is 0.215. The quantitative estimate of drug-likeness (QED) is 0.685. The summed E-state index contributed by atoms with van der Waals surface area (Å²) in [6.07, 6.45) is 0. The molecule has 0 saturated carbocycles. The summed E-state index contributed by atoms with van der Waals surface area (Å²) < 4.78 is 14.0. The van der Waals surface area contributed by atoms with E-state index in [0.717, 1.165) is 11.1 Å². The number of rotatable bonds is 5. The molecule has 2 N–H and O–H groups in total. The molecule has 0 spiro atoms. The van der Waals surface area contributed by atoms with Gasteiger partial charge in [0.25, 0.3) is 5.91 Å². The topological polar surface area (TPSA) is 69.6 Å². The van der Waals surface area contributed by atoms with Gasteiger partial charge in [0.05, 0.1) is 11.3 Å². The molecule has 3 rings (SSSR count). The number of nitrogens with one attached hydrogen (secondary N) is 1. The summed E-state index contributed by atoms with van der Waals surface area (Å²) in [5, 5.41) is 11.6. The molecule has 3 aromatic rings. The summed E-state index contributed by atoms with van der Waals surface area (Å²) in [6, 6.07) is 17.9. The van der Waals surface area contributed by atoms with E-state index < -0.39 is 11.8 Å². The first-order valence-electron chi connectivity index (χ1n) is 8.57. The second-order valence-corrected chi connectivity index (χ2v) is 6.47. The number of hydrogen-bond acceptors (Lipinski definition) is 3. The Labute approximate surface area is 162 Å². The Balaban J connectivity index is 1.73. The lowest BCUT2D eigenvalue weighted by atomic mass is 10.0. The second-order valence-electron chi connectivity index (χ2n) is 6.47. The molecule has 0 atom stereocenters. The number of nitrogens with zero attached hydrogens (tertiary/aromatic N) is 1. The van der Waals surface area contributed by atoms with Crippen LogP contribution in [0.4, 0.5) is 15.8 Å². The smallest absolute Gasteiger partial charge is 0.335 e. The molecule has 0 unspecified atom stereocenters. The van der Waals surface area contributed by atoms with Crippen LogP contribution in [0.5, 0.6) is 0 Å². The summed E-state index contributed by atoms with van der Waals surface area (Å²) in [5.41, 5.74) is 3.17. The number of aromatic carboxylic acids is 1. The largest absolute Gasteiger partial charge is 0.478 e. The highest BCUT2D eigenvalue weighted by Crippen LogP contribution is 2.23. The zero-order chi connectivity index (χ0) is 20.3. The van der Waals surface area contributed by atoms with Crippen molar-refractivity contribution in [3.05, 3.63) is 83.7 Å². The number of benzene rings is 3. The van der Waals surface area contributed by atoms with E-state index in [1.165, 1.54) is 18.2 Å². The molecule has 28 heavy (non-hydrogen) atoms. The Kier molecular flexibility index (Phi) is 5.40. The minimum atomic E-state index is -0.978. The molecule has 5 nitrogen and oxygen atoms in total. The molecule has 0 aliphatic heterocycles. The molecular formula is C22H19FN2O3. The third-order valence-corrected chi connectivity index (χ3v) is 4.30. The normalized spacial score (nSPS) is 10.4. The van der Waals surface area contributed by atoms with Gasteiger partial charge >= 0.3 is 5.97 Å². The number of carbonyl (C=O) groups excluding carboxylic acids is 1. The molecule has 0 saturated heterocycles. The van der Waals surface area contributed by atoms with E-state index >= 15 is 0 Å². The summed E-state index contributed by atoms with van der Waals surface area (Å²) in [4.78, 5) is 25.0. The molecular weight excluding hydrogens is 359 g/mol. The van der Waals surface area contributed by atoms with Crippen molar-refractivity contribution in [2.24, 2.45) is 0 Å². The van der Waals surface area contributed by atoms with Crippen molar-refractivity contribution in [3.8, 4) is 11.1 Å². The average molecular weight is 378 g/mol. The zero-order valence-corrected chi connectivity index (χ0v) is 15.4. The van der Waals surface area contributed by atoms with Gasteiger partial charge in [0.1, 0.15) is 5.82 Å². The van der Waals surface area contributed by atoms with Crippen molar-refractivity contribution >= 4 is 23.3 Å². The lowest BCUT2D eigenvalue weighted by molar-refractivity contribution is 0.0696. The first-order valence-corrected chi connectivity index (χ1v) is 8.57. The van der Waals surface area contributed by atoms with E-state index in [9.17, 15) is 14.0 Å². The van der Waals surface area contributed by atoms with Crippen molar-refractivity contribution in [1.29, 1.82) is 0 Å². The molecule has 0 aromatic heterocycles. The lowest BCUT2D eigenvalue weighted by Crippen LogP contribution is -2.14.